The van der Waals surface area contributed by atoms with Crippen LogP contribution in [0.1, 0.15) is 28.8 Å². The van der Waals surface area contributed by atoms with Crippen LogP contribution in [0, 0.1) is 6.92 Å². The van der Waals surface area contributed by atoms with Crippen LogP contribution >= 0.6 is 12.4 Å². The van der Waals surface area contributed by atoms with E-state index < -0.39 is 0 Å². The molecule has 1 N–H and O–H groups in total. The first kappa shape index (κ1) is 18.6. The summed E-state index contributed by atoms with van der Waals surface area (Å²) in [7, 11) is 5.13. The molecule has 124 valence electrons. The van der Waals surface area contributed by atoms with Crippen molar-refractivity contribution in [1.29, 1.82) is 0 Å². The van der Waals surface area contributed by atoms with E-state index in [2.05, 4.69) is 5.32 Å². The third-order valence-electron chi connectivity index (χ3n) is 4.08. The molecule has 1 heterocycles. The molecule has 0 saturated carbocycles. The van der Waals surface area contributed by atoms with E-state index in [1.54, 1.807) is 26.4 Å². The van der Waals surface area contributed by atoms with Gasteiger partial charge in [-0.2, -0.15) is 0 Å². The monoisotopic (exact) mass is 328 g/mol. The highest BCUT2D eigenvalue weighted by atomic mass is 35.5. The lowest BCUT2D eigenvalue weighted by Crippen LogP contribution is -2.40. The van der Waals surface area contributed by atoms with Crippen molar-refractivity contribution in [2.45, 2.75) is 25.8 Å². The van der Waals surface area contributed by atoms with Gasteiger partial charge in [-0.3, -0.25) is 4.79 Å². The van der Waals surface area contributed by atoms with Crippen LogP contribution in [0.15, 0.2) is 12.1 Å². The predicted octanol–water partition coefficient (Wildman–Crippen LogP) is 2.26. The zero-order valence-corrected chi connectivity index (χ0v) is 14.5. The van der Waals surface area contributed by atoms with Crippen molar-refractivity contribution >= 4 is 18.3 Å². The number of carbonyl (C=O) groups excluding carboxylic acids is 1. The molecule has 2 rings (SSSR count). The Bertz CT molecular complexity index is 497. The maximum absolute atomic E-state index is 12.8. The van der Waals surface area contributed by atoms with E-state index >= 15 is 0 Å². The number of nitrogens with zero attached hydrogens (tertiary/aromatic N) is 1. The van der Waals surface area contributed by atoms with Gasteiger partial charge in [0.05, 0.1) is 14.2 Å². The summed E-state index contributed by atoms with van der Waals surface area (Å²) in [5, 5.41) is 3.16. The minimum atomic E-state index is 0. The zero-order valence-electron chi connectivity index (χ0n) is 13.6. The van der Waals surface area contributed by atoms with Crippen LogP contribution in [0.2, 0.25) is 0 Å². The number of benzene rings is 1. The van der Waals surface area contributed by atoms with Crippen molar-refractivity contribution in [3.8, 4) is 11.5 Å². The third kappa shape index (κ3) is 3.65. The first-order valence-electron chi connectivity index (χ1n) is 7.30. The molecular weight excluding hydrogens is 304 g/mol. The molecule has 1 aliphatic heterocycles. The smallest absolute Gasteiger partial charge is 0.254 e. The number of amides is 1. The van der Waals surface area contributed by atoms with E-state index in [1.165, 1.54) is 0 Å². The van der Waals surface area contributed by atoms with Crippen LogP contribution < -0.4 is 14.8 Å². The summed E-state index contributed by atoms with van der Waals surface area (Å²) in [6, 6.07) is 3.87. The van der Waals surface area contributed by atoms with Gasteiger partial charge in [-0.1, -0.05) is 0 Å². The minimum absolute atomic E-state index is 0. The van der Waals surface area contributed by atoms with Crippen molar-refractivity contribution in [3.63, 3.8) is 0 Å². The van der Waals surface area contributed by atoms with Gasteiger partial charge in [-0.05, 0) is 38.9 Å². The lowest BCUT2D eigenvalue weighted by molar-refractivity contribution is 0.0736. The number of ether oxygens (including phenoxy) is 2. The maximum atomic E-state index is 12.8. The summed E-state index contributed by atoms with van der Waals surface area (Å²) in [5.41, 5.74) is 1.53. The largest absolute Gasteiger partial charge is 0.496 e. The van der Waals surface area contributed by atoms with Crippen molar-refractivity contribution < 1.29 is 14.3 Å². The molecule has 1 amide bonds. The van der Waals surface area contributed by atoms with Crippen LogP contribution in [0.3, 0.4) is 0 Å². The average molecular weight is 329 g/mol. The summed E-state index contributed by atoms with van der Waals surface area (Å²) in [5.74, 6) is 1.41. The van der Waals surface area contributed by atoms with E-state index in [9.17, 15) is 4.79 Å². The Kier molecular flexibility index (Phi) is 6.97. The van der Waals surface area contributed by atoms with E-state index in [4.69, 9.17) is 9.47 Å². The van der Waals surface area contributed by atoms with Gasteiger partial charge in [-0.25, -0.2) is 0 Å². The first-order valence-corrected chi connectivity index (χ1v) is 7.30. The van der Waals surface area contributed by atoms with Crippen LogP contribution in [-0.2, 0) is 0 Å². The summed E-state index contributed by atoms with van der Waals surface area (Å²) >= 11 is 0. The third-order valence-corrected chi connectivity index (χ3v) is 4.08. The molecule has 1 atom stereocenters. The van der Waals surface area contributed by atoms with Crippen molar-refractivity contribution in [2.75, 3.05) is 34.4 Å². The molecule has 1 unspecified atom stereocenters. The van der Waals surface area contributed by atoms with Gasteiger partial charge in [0.15, 0.2) is 0 Å². The van der Waals surface area contributed by atoms with Crippen LogP contribution in [0.25, 0.3) is 0 Å². The molecule has 0 radical (unpaired) electrons. The first-order chi connectivity index (χ1) is 10.1. The van der Waals surface area contributed by atoms with Crippen LogP contribution in [0.5, 0.6) is 11.5 Å². The fraction of sp³-hybridized carbons (Fsp3) is 0.562. The summed E-state index contributed by atoms with van der Waals surface area (Å²) in [4.78, 5) is 14.7. The Labute approximate surface area is 138 Å². The number of halogens is 1. The highest BCUT2D eigenvalue weighted by Gasteiger charge is 2.29. The molecule has 1 fully saturated rings. The molecule has 6 heteroatoms. The SMILES string of the molecule is CNCC1CCCN1C(=O)c1cc(OC)c(C)c(OC)c1.Cl. The van der Waals surface area contributed by atoms with Crippen molar-refractivity contribution in [3.05, 3.63) is 23.3 Å². The molecule has 0 aromatic heterocycles. The summed E-state index contributed by atoms with van der Waals surface area (Å²) < 4.78 is 10.7. The maximum Gasteiger partial charge on any atom is 0.254 e. The molecule has 0 aliphatic carbocycles. The molecule has 1 aliphatic rings. The van der Waals surface area contributed by atoms with E-state index in [-0.39, 0.29) is 24.4 Å². The Hall–Kier alpha value is -1.46. The lowest BCUT2D eigenvalue weighted by atomic mass is 10.1. The van der Waals surface area contributed by atoms with Crippen LogP contribution in [-0.4, -0.2) is 51.2 Å². The number of methoxy groups -OCH3 is 2. The molecule has 22 heavy (non-hydrogen) atoms. The molecule has 1 aromatic carbocycles. The van der Waals surface area contributed by atoms with Gasteiger partial charge >= 0.3 is 0 Å². The number of hydrogen-bond acceptors (Lipinski definition) is 4. The molecular formula is C16H25ClN2O3. The highest BCUT2D eigenvalue weighted by molar-refractivity contribution is 5.95. The zero-order chi connectivity index (χ0) is 15.4. The highest BCUT2D eigenvalue weighted by Crippen LogP contribution is 2.31. The van der Waals surface area contributed by atoms with Gasteiger partial charge < -0.3 is 19.7 Å². The van der Waals surface area contributed by atoms with Gasteiger partial charge in [0.1, 0.15) is 11.5 Å². The molecule has 0 spiro atoms. The van der Waals surface area contributed by atoms with Crippen molar-refractivity contribution in [2.24, 2.45) is 0 Å². The topological polar surface area (TPSA) is 50.8 Å². The van der Waals surface area contributed by atoms with Gasteiger partial charge in [-0.15, -0.1) is 12.4 Å². The van der Waals surface area contributed by atoms with E-state index in [1.807, 2.05) is 18.9 Å². The standard InChI is InChI=1S/C16H24N2O3.ClH/c1-11-14(20-3)8-12(9-15(11)21-4)16(19)18-7-5-6-13(18)10-17-2;/h8-9,13,17H,5-7,10H2,1-4H3;1H. The van der Waals surface area contributed by atoms with Gasteiger partial charge in [0, 0.05) is 30.3 Å². The Morgan fingerprint density at radius 3 is 2.41 bits per heavy atom. The number of likely N-dealkylation sites (N-methyl/N-ethyl adjacent to an activating group) is 1. The number of rotatable bonds is 5. The fourth-order valence-electron chi connectivity index (χ4n) is 2.93. The predicted molar refractivity (Wildman–Crippen MR) is 89.5 cm³/mol. The molecule has 1 aromatic rings. The van der Waals surface area contributed by atoms with Gasteiger partial charge in [0.2, 0.25) is 0 Å². The number of carbonyl (C=O) groups is 1. The van der Waals surface area contributed by atoms with E-state index in [0.717, 1.165) is 31.5 Å². The lowest BCUT2D eigenvalue weighted by Gasteiger charge is -2.25. The molecule has 5 nitrogen and oxygen atoms in total. The molecule has 0 bridgehead atoms. The average Bonchev–Trinajstić information content (AvgIpc) is 2.95. The van der Waals surface area contributed by atoms with Crippen LogP contribution in [0.4, 0.5) is 0 Å². The van der Waals surface area contributed by atoms with Crippen molar-refractivity contribution in [1.82, 2.24) is 10.2 Å². The minimum Gasteiger partial charge on any atom is -0.496 e. The Morgan fingerprint density at radius 2 is 1.91 bits per heavy atom. The second-order valence-electron chi connectivity index (χ2n) is 5.36. The Morgan fingerprint density at radius 1 is 1.32 bits per heavy atom. The summed E-state index contributed by atoms with van der Waals surface area (Å²) in [6.07, 6.45) is 2.10. The quantitative estimate of drug-likeness (QED) is 0.900. The Balaban J connectivity index is 0.00000242. The normalized spacial score (nSPS) is 17.1. The molecule has 1 saturated heterocycles. The number of hydrogen-bond donors (Lipinski definition) is 1. The second kappa shape index (κ2) is 8.25. The second-order valence-corrected chi connectivity index (χ2v) is 5.36. The van der Waals surface area contributed by atoms with Gasteiger partial charge in [0.25, 0.3) is 5.91 Å². The number of nitrogens with one attached hydrogen (secondary N) is 1. The van der Waals surface area contributed by atoms with E-state index in [0.29, 0.717) is 17.1 Å². The number of likely N-dealkylation sites (tertiary alicyclic amines) is 1. The summed E-state index contributed by atoms with van der Waals surface area (Å²) in [6.45, 7) is 3.56. The fourth-order valence-corrected chi connectivity index (χ4v) is 2.93.